The topological polar surface area (TPSA) is 69.6 Å². The summed E-state index contributed by atoms with van der Waals surface area (Å²) in [7, 11) is 0. The molecule has 0 rings (SSSR count). The molecule has 0 aromatic heterocycles. The number of aliphatic hydroxyl groups excluding tert-OH is 2. The van der Waals surface area contributed by atoms with E-state index in [1.807, 2.05) is 0 Å². The van der Waals surface area contributed by atoms with Gasteiger partial charge in [-0.05, 0) is 83.5 Å². The predicted octanol–water partition coefficient (Wildman–Crippen LogP) is 22.6. The summed E-state index contributed by atoms with van der Waals surface area (Å²) in [5.41, 5.74) is 0. The first-order chi connectivity index (χ1) is 37.7. The number of aliphatic hydroxyl groups is 2. The van der Waals surface area contributed by atoms with Gasteiger partial charge in [-0.25, -0.2) is 0 Å². The van der Waals surface area contributed by atoms with E-state index < -0.39 is 12.1 Å². The highest BCUT2D eigenvalue weighted by molar-refractivity contribution is 5.76. The minimum absolute atomic E-state index is 0.0429. The predicted molar refractivity (Wildman–Crippen MR) is 340 cm³/mol. The summed E-state index contributed by atoms with van der Waals surface area (Å²) in [4.78, 5) is 12.5. The number of hydrogen-bond acceptors (Lipinski definition) is 3. The Morgan fingerprint density at radius 2 is 0.579 bits per heavy atom. The zero-order chi connectivity index (χ0) is 54.8. The summed E-state index contributed by atoms with van der Waals surface area (Å²) in [6.07, 6.45) is 99.7. The highest BCUT2D eigenvalue weighted by Crippen LogP contribution is 2.18. The fourth-order valence-corrected chi connectivity index (χ4v) is 9.83. The van der Waals surface area contributed by atoms with Crippen LogP contribution in [0.4, 0.5) is 0 Å². The van der Waals surface area contributed by atoms with Crippen LogP contribution in [-0.4, -0.2) is 34.9 Å². The molecule has 2 atom stereocenters. The normalized spacial score (nSPS) is 13.5. The molecule has 0 aromatic carbocycles. The number of carbonyl (C=O) groups is 1. The maximum absolute atomic E-state index is 12.5. The van der Waals surface area contributed by atoms with Crippen LogP contribution in [0.15, 0.2) is 109 Å². The third-order valence-corrected chi connectivity index (χ3v) is 14.8. The highest BCUT2D eigenvalue weighted by Gasteiger charge is 2.20. The summed E-state index contributed by atoms with van der Waals surface area (Å²) in [6, 6.07) is -0.552. The van der Waals surface area contributed by atoms with Gasteiger partial charge >= 0.3 is 0 Å². The fraction of sp³-hybridized carbons (Fsp3) is 0.736. The maximum Gasteiger partial charge on any atom is 0.220 e. The smallest absolute Gasteiger partial charge is 0.220 e. The maximum atomic E-state index is 12.5. The lowest BCUT2D eigenvalue weighted by Gasteiger charge is -2.22. The van der Waals surface area contributed by atoms with Gasteiger partial charge in [-0.1, -0.05) is 342 Å². The van der Waals surface area contributed by atoms with Gasteiger partial charge in [0, 0.05) is 6.42 Å². The lowest BCUT2D eigenvalue weighted by atomic mass is 10.0. The Balaban J connectivity index is 3.54. The summed E-state index contributed by atoms with van der Waals surface area (Å²) >= 11 is 0. The second kappa shape index (κ2) is 66.3. The monoisotopic (exact) mass is 1050 g/mol. The van der Waals surface area contributed by atoms with E-state index in [1.54, 1.807) is 0 Å². The molecule has 0 saturated carbocycles. The van der Waals surface area contributed by atoms with E-state index in [0.717, 1.165) is 96.3 Å². The molecule has 0 aliphatic carbocycles. The number of hydrogen-bond donors (Lipinski definition) is 3. The lowest BCUT2D eigenvalue weighted by Crippen LogP contribution is -2.45. The minimum Gasteiger partial charge on any atom is -0.394 e. The van der Waals surface area contributed by atoms with Crippen LogP contribution in [0, 0.1) is 0 Å². The molecule has 76 heavy (non-hydrogen) atoms. The Hall–Kier alpha value is -2.95. The second-order valence-corrected chi connectivity index (χ2v) is 22.2. The first kappa shape index (κ1) is 73.0. The van der Waals surface area contributed by atoms with Crippen LogP contribution in [0.3, 0.4) is 0 Å². The van der Waals surface area contributed by atoms with E-state index in [0.29, 0.717) is 12.8 Å². The van der Waals surface area contributed by atoms with Gasteiger partial charge in [-0.3, -0.25) is 4.79 Å². The van der Waals surface area contributed by atoms with Crippen molar-refractivity contribution < 1.29 is 15.0 Å². The van der Waals surface area contributed by atoms with Gasteiger partial charge < -0.3 is 15.5 Å². The summed E-state index contributed by atoms with van der Waals surface area (Å²) in [5, 5.41) is 23.4. The molecule has 0 aromatic rings. The Morgan fingerprint density at radius 1 is 0.329 bits per heavy atom. The quantitative estimate of drug-likeness (QED) is 0.0420. The second-order valence-electron chi connectivity index (χ2n) is 22.2. The first-order valence-corrected chi connectivity index (χ1v) is 33.1. The van der Waals surface area contributed by atoms with Crippen molar-refractivity contribution in [3.8, 4) is 0 Å². The molecule has 2 unspecified atom stereocenters. The van der Waals surface area contributed by atoms with Crippen molar-refractivity contribution in [2.24, 2.45) is 0 Å². The van der Waals surface area contributed by atoms with E-state index in [-0.39, 0.29) is 12.5 Å². The number of carbonyl (C=O) groups excluding carboxylic acids is 1. The number of amides is 1. The Bertz CT molecular complexity index is 1430. The van der Waals surface area contributed by atoms with E-state index in [4.69, 9.17) is 0 Å². The van der Waals surface area contributed by atoms with Crippen LogP contribution in [0.1, 0.15) is 322 Å². The van der Waals surface area contributed by atoms with Crippen molar-refractivity contribution in [2.45, 2.75) is 334 Å². The van der Waals surface area contributed by atoms with Crippen LogP contribution in [0.25, 0.3) is 0 Å². The molecule has 4 heteroatoms. The minimum atomic E-state index is -0.674. The van der Waals surface area contributed by atoms with E-state index >= 15 is 0 Å². The van der Waals surface area contributed by atoms with Crippen molar-refractivity contribution in [1.29, 1.82) is 0 Å². The molecule has 4 nitrogen and oxygen atoms in total. The van der Waals surface area contributed by atoms with Gasteiger partial charge in [0.25, 0.3) is 0 Å². The zero-order valence-electron chi connectivity index (χ0n) is 50.5. The Labute approximate surface area is 474 Å². The SMILES string of the molecule is CC/C=C\C/C=C\C/C=C\C/C=C\C/C=C\C/C=C\C/C=C\C/C=C\C/C=C\CCCCCCCCCC(=O)NC(CO)C(O)CCCCCCCCCCCCCCCCCCCCCCCCCCCCCCC. The summed E-state index contributed by atoms with van der Waals surface area (Å²) in [5.74, 6) is -0.0429. The molecular formula is C72H127NO3. The molecule has 438 valence electrons. The third-order valence-electron chi connectivity index (χ3n) is 14.8. The fourth-order valence-electron chi connectivity index (χ4n) is 9.83. The number of unbranched alkanes of at least 4 members (excludes halogenated alkanes) is 35. The molecule has 0 aliphatic rings. The summed E-state index contributed by atoms with van der Waals surface area (Å²) in [6.45, 7) is 4.26. The zero-order valence-corrected chi connectivity index (χ0v) is 50.5. The molecule has 0 heterocycles. The van der Waals surface area contributed by atoms with Crippen molar-refractivity contribution in [3.63, 3.8) is 0 Å². The van der Waals surface area contributed by atoms with Gasteiger partial charge in [0.1, 0.15) is 0 Å². The standard InChI is InChI=1S/C72H127NO3/c1-3-5-7-9-11-13-15-17-19-21-23-25-27-29-31-33-34-35-36-37-38-40-42-44-46-48-50-52-54-56-58-60-62-64-66-68-72(76)73-70(69-74)71(75)67-65-63-61-59-57-55-53-51-49-47-45-43-41-39-32-30-28-26-24-22-20-18-16-14-12-10-8-6-4-2/h5,7,11,13,17,19,23,25,29,31,34-35,37-38,42,44,48,50,70-71,74-75H,3-4,6,8-10,12,14-16,18,20-22,24,26-28,30,32-33,36,39-41,43,45-47,49,51-69H2,1-2H3,(H,73,76)/b7-5-,13-11-,19-17-,25-23-,31-29-,35-34-,38-37-,44-42-,50-48-. The van der Waals surface area contributed by atoms with Crippen LogP contribution < -0.4 is 5.32 Å². The number of allylic oxidation sites excluding steroid dienone is 18. The molecule has 0 radical (unpaired) electrons. The largest absolute Gasteiger partial charge is 0.394 e. The highest BCUT2D eigenvalue weighted by atomic mass is 16.3. The molecule has 0 spiro atoms. The van der Waals surface area contributed by atoms with Crippen molar-refractivity contribution >= 4 is 5.91 Å². The Kier molecular flexibility index (Phi) is 63.8. The molecule has 0 aliphatic heterocycles. The van der Waals surface area contributed by atoms with Crippen molar-refractivity contribution in [3.05, 3.63) is 109 Å². The average molecular weight is 1050 g/mol. The van der Waals surface area contributed by atoms with Crippen LogP contribution in [0.5, 0.6) is 0 Å². The van der Waals surface area contributed by atoms with Gasteiger partial charge in [0.2, 0.25) is 5.91 Å². The van der Waals surface area contributed by atoms with Crippen molar-refractivity contribution in [1.82, 2.24) is 5.32 Å². The third kappa shape index (κ3) is 61.9. The molecular weight excluding hydrogens is 927 g/mol. The Morgan fingerprint density at radius 3 is 0.868 bits per heavy atom. The van der Waals surface area contributed by atoms with Gasteiger partial charge in [0.05, 0.1) is 18.8 Å². The van der Waals surface area contributed by atoms with Gasteiger partial charge in [-0.15, -0.1) is 0 Å². The summed E-state index contributed by atoms with van der Waals surface area (Å²) < 4.78 is 0. The average Bonchev–Trinajstić information content (AvgIpc) is 3.42. The molecule has 3 N–H and O–H groups in total. The van der Waals surface area contributed by atoms with Crippen LogP contribution >= 0.6 is 0 Å². The number of nitrogens with one attached hydrogen (secondary N) is 1. The first-order valence-electron chi connectivity index (χ1n) is 33.1. The number of rotatable bonds is 60. The van der Waals surface area contributed by atoms with Crippen LogP contribution in [-0.2, 0) is 4.79 Å². The molecule has 0 fully saturated rings. The van der Waals surface area contributed by atoms with Crippen LogP contribution in [0.2, 0.25) is 0 Å². The van der Waals surface area contributed by atoms with E-state index in [1.165, 1.54) is 199 Å². The van der Waals surface area contributed by atoms with Crippen molar-refractivity contribution in [2.75, 3.05) is 6.61 Å². The molecule has 1 amide bonds. The molecule has 0 saturated heterocycles. The molecule has 0 bridgehead atoms. The van der Waals surface area contributed by atoms with E-state index in [9.17, 15) is 15.0 Å². The van der Waals surface area contributed by atoms with Gasteiger partial charge in [-0.2, -0.15) is 0 Å². The lowest BCUT2D eigenvalue weighted by molar-refractivity contribution is -0.123. The van der Waals surface area contributed by atoms with Gasteiger partial charge in [0.15, 0.2) is 0 Å². The van der Waals surface area contributed by atoms with E-state index in [2.05, 4.69) is 129 Å².